The van der Waals surface area contributed by atoms with E-state index in [2.05, 4.69) is 56.6 Å². The van der Waals surface area contributed by atoms with E-state index in [4.69, 9.17) is 19.8 Å². The molecule has 17 heteroatoms. The SMILES string of the molecule is CN1CCN(Cc2ccccc2)CC1c1nnc2ccc(C(=O)NCc3ccccc3)cn12.O=C(O)C(F)(F)F.O=C(O)C(F)(F)F. The fourth-order valence-corrected chi connectivity index (χ4v) is 4.34. The van der Waals surface area contributed by atoms with Gasteiger partial charge in [0, 0.05) is 38.9 Å². The van der Waals surface area contributed by atoms with Gasteiger partial charge in [-0.2, -0.15) is 26.3 Å². The molecule has 2 aromatic heterocycles. The molecular formula is C30H30F6N6O5. The van der Waals surface area contributed by atoms with E-state index in [0.29, 0.717) is 12.1 Å². The van der Waals surface area contributed by atoms with Gasteiger partial charge in [-0.3, -0.25) is 19.0 Å². The number of amides is 1. The largest absolute Gasteiger partial charge is 0.490 e. The molecule has 1 saturated heterocycles. The second-order valence-corrected chi connectivity index (χ2v) is 10.2. The molecule has 5 rings (SSSR count). The minimum atomic E-state index is -5.08. The number of likely N-dealkylation sites (N-methyl/N-ethyl adjacent to an activating group) is 1. The number of carbonyl (C=O) groups is 3. The molecule has 0 saturated carbocycles. The summed E-state index contributed by atoms with van der Waals surface area (Å²) in [6.45, 7) is 4.22. The molecule has 0 radical (unpaired) electrons. The summed E-state index contributed by atoms with van der Waals surface area (Å²) < 4.78 is 65.4. The lowest BCUT2D eigenvalue weighted by molar-refractivity contribution is -0.193. The summed E-state index contributed by atoms with van der Waals surface area (Å²) in [7, 11) is 2.13. The van der Waals surface area contributed by atoms with Crippen molar-refractivity contribution in [2.75, 3.05) is 26.7 Å². The van der Waals surface area contributed by atoms with E-state index in [1.165, 1.54) is 5.56 Å². The number of nitrogens with zero attached hydrogens (tertiary/aromatic N) is 5. The number of halogens is 6. The Morgan fingerprint density at radius 2 is 1.34 bits per heavy atom. The second-order valence-electron chi connectivity index (χ2n) is 10.2. The van der Waals surface area contributed by atoms with E-state index in [1.54, 1.807) is 6.07 Å². The predicted molar refractivity (Wildman–Crippen MR) is 155 cm³/mol. The van der Waals surface area contributed by atoms with Crippen LogP contribution >= 0.6 is 0 Å². The van der Waals surface area contributed by atoms with Gasteiger partial charge in [0.2, 0.25) is 0 Å². The Morgan fingerprint density at radius 3 is 1.87 bits per heavy atom. The zero-order chi connectivity index (χ0) is 34.8. The molecule has 3 N–H and O–H groups in total. The van der Waals surface area contributed by atoms with Crippen molar-refractivity contribution >= 4 is 23.5 Å². The molecule has 1 fully saturated rings. The van der Waals surface area contributed by atoms with Crippen molar-refractivity contribution in [1.29, 1.82) is 0 Å². The Labute approximate surface area is 264 Å². The van der Waals surface area contributed by atoms with Gasteiger partial charge in [-0.05, 0) is 30.3 Å². The summed E-state index contributed by atoms with van der Waals surface area (Å²) in [4.78, 5) is 35.4. The van der Waals surface area contributed by atoms with Gasteiger partial charge in [0.15, 0.2) is 11.5 Å². The van der Waals surface area contributed by atoms with Crippen LogP contribution in [0.15, 0.2) is 79.0 Å². The van der Waals surface area contributed by atoms with Crippen molar-refractivity contribution in [2.24, 2.45) is 0 Å². The molecular weight excluding hydrogens is 638 g/mol. The van der Waals surface area contributed by atoms with Gasteiger partial charge in [-0.25, -0.2) is 9.59 Å². The van der Waals surface area contributed by atoms with Crippen molar-refractivity contribution < 1.29 is 50.9 Å². The zero-order valence-corrected chi connectivity index (χ0v) is 24.7. The van der Waals surface area contributed by atoms with Crippen LogP contribution < -0.4 is 5.32 Å². The normalized spacial score (nSPS) is 15.5. The van der Waals surface area contributed by atoms with Crippen molar-refractivity contribution in [3.63, 3.8) is 0 Å². The number of aromatic nitrogens is 3. The molecule has 47 heavy (non-hydrogen) atoms. The van der Waals surface area contributed by atoms with Crippen LogP contribution in [0.3, 0.4) is 0 Å². The number of carboxylic acids is 2. The quantitative estimate of drug-likeness (QED) is 0.255. The lowest BCUT2D eigenvalue weighted by atomic mass is 10.1. The van der Waals surface area contributed by atoms with Crippen molar-refractivity contribution in [2.45, 2.75) is 31.5 Å². The Balaban J connectivity index is 0.000000360. The molecule has 1 aliphatic rings. The molecule has 3 heterocycles. The number of aliphatic carboxylic acids is 2. The number of hydrogen-bond donors (Lipinski definition) is 3. The average Bonchev–Trinajstić information content (AvgIpc) is 3.45. The van der Waals surface area contributed by atoms with Gasteiger partial charge in [0.1, 0.15) is 0 Å². The number of hydrogen-bond acceptors (Lipinski definition) is 7. The fourth-order valence-electron chi connectivity index (χ4n) is 4.34. The maximum Gasteiger partial charge on any atom is 0.490 e. The number of benzene rings is 2. The predicted octanol–water partition coefficient (Wildman–Crippen LogP) is 4.41. The lowest BCUT2D eigenvalue weighted by Gasteiger charge is -2.38. The fraction of sp³-hybridized carbons (Fsp3) is 0.300. The highest BCUT2D eigenvalue weighted by molar-refractivity contribution is 5.94. The first-order valence-electron chi connectivity index (χ1n) is 13.8. The molecule has 1 atom stereocenters. The summed E-state index contributed by atoms with van der Waals surface area (Å²) in [6, 6.07) is 24.2. The maximum absolute atomic E-state index is 12.8. The van der Waals surface area contributed by atoms with Crippen LogP contribution in [-0.4, -0.2) is 91.5 Å². The minimum Gasteiger partial charge on any atom is -0.475 e. The van der Waals surface area contributed by atoms with Crippen LogP contribution in [0.1, 0.15) is 33.4 Å². The first kappa shape index (κ1) is 36.4. The van der Waals surface area contributed by atoms with E-state index < -0.39 is 24.3 Å². The lowest BCUT2D eigenvalue weighted by Crippen LogP contribution is -2.46. The summed E-state index contributed by atoms with van der Waals surface area (Å²) in [5.41, 5.74) is 3.72. The van der Waals surface area contributed by atoms with Gasteiger partial charge in [-0.15, -0.1) is 10.2 Å². The molecule has 1 aliphatic heterocycles. The summed E-state index contributed by atoms with van der Waals surface area (Å²) in [5, 5.41) is 26.1. The van der Waals surface area contributed by atoms with Crippen molar-refractivity contribution in [3.8, 4) is 0 Å². The maximum atomic E-state index is 12.8. The van der Waals surface area contributed by atoms with Crippen molar-refractivity contribution in [1.82, 2.24) is 29.7 Å². The molecule has 0 aliphatic carbocycles. The summed E-state index contributed by atoms with van der Waals surface area (Å²) in [5.74, 6) is -4.76. The number of rotatable bonds is 6. The number of carbonyl (C=O) groups excluding carboxylic acids is 1. The minimum absolute atomic E-state index is 0.0973. The number of carboxylic acid groups (broad SMARTS) is 2. The van der Waals surface area contributed by atoms with E-state index in [9.17, 15) is 31.1 Å². The molecule has 0 spiro atoms. The van der Waals surface area contributed by atoms with Crippen LogP contribution in [0, 0.1) is 0 Å². The van der Waals surface area contributed by atoms with Crippen LogP contribution in [-0.2, 0) is 22.7 Å². The van der Waals surface area contributed by atoms with Gasteiger partial charge in [0.05, 0.1) is 11.6 Å². The highest BCUT2D eigenvalue weighted by Crippen LogP contribution is 2.25. The Kier molecular flexibility index (Phi) is 12.4. The van der Waals surface area contributed by atoms with E-state index in [1.807, 2.05) is 53.1 Å². The van der Waals surface area contributed by atoms with E-state index in [0.717, 1.165) is 43.2 Å². The Morgan fingerprint density at radius 1 is 0.809 bits per heavy atom. The van der Waals surface area contributed by atoms with E-state index in [-0.39, 0.29) is 11.9 Å². The highest BCUT2D eigenvalue weighted by atomic mass is 19.4. The molecule has 4 aromatic rings. The number of pyridine rings is 1. The number of nitrogens with one attached hydrogen (secondary N) is 1. The summed E-state index contributed by atoms with van der Waals surface area (Å²) >= 11 is 0. The topological polar surface area (TPSA) is 140 Å². The second kappa shape index (κ2) is 16.0. The first-order chi connectivity index (χ1) is 22.1. The average molecular weight is 669 g/mol. The van der Waals surface area contributed by atoms with Gasteiger partial charge < -0.3 is 15.5 Å². The standard InChI is InChI=1S/C26H28N6O.2C2HF3O2/c1-30-14-15-31(17-21-10-6-3-7-11-21)19-23(30)25-29-28-24-13-12-22(18-32(24)25)26(33)27-16-20-8-4-2-5-9-20;2*3-2(4,5)1(6)7/h2-13,18,23H,14-17,19H2,1H3,(H,27,33);2*(H,6,7). The van der Waals surface area contributed by atoms with Crippen LogP contribution in [0.25, 0.3) is 5.65 Å². The van der Waals surface area contributed by atoms with Gasteiger partial charge >= 0.3 is 24.3 Å². The van der Waals surface area contributed by atoms with Crippen LogP contribution in [0.4, 0.5) is 26.3 Å². The number of fused-ring (bicyclic) bond motifs is 1. The third kappa shape index (κ3) is 11.1. The molecule has 252 valence electrons. The van der Waals surface area contributed by atoms with Gasteiger partial charge in [0.25, 0.3) is 5.91 Å². The van der Waals surface area contributed by atoms with Crippen LogP contribution in [0.2, 0.25) is 0 Å². The van der Waals surface area contributed by atoms with E-state index >= 15 is 0 Å². The highest BCUT2D eigenvalue weighted by Gasteiger charge is 2.39. The summed E-state index contributed by atoms with van der Waals surface area (Å²) in [6.07, 6.45) is -8.31. The van der Waals surface area contributed by atoms with Crippen LogP contribution in [0.5, 0.6) is 0 Å². The first-order valence-corrected chi connectivity index (χ1v) is 13.8. The number of piperazine rings is 1. The zero-order valence-electron chi connectivity index (χ0n) is 24.7. The molecule has 1 amide bonds. The monoisotopic (exact) mass is 668 g/mol. The third-order valence-corrected chi connectivity index (χ3v) is 6.75. The molecule has 1 unspecified atom stereocenters. The third-order valence-electron chi connectivity index (χ3n) is 6.75. The van der Waals surface area contributed by atoms with Gasteiger partial charge in [-0.1, -0.05) is 60.7 Å². The number of alkyl halides is 6. The van der Waals surface area contributed by atoms with Crippen molar-refractivity contribution in [3.05, 3.63) is 102 Å². The Hall–Kier alpha value is -5.03. The molecule has 11 nitrogen and oxygen atoms in total. The smallest absolute Gasteiger partial charge is 0.475 e. The molecule has 2 aromatic carbocycles. The Bertz CT molecular complexity index is 1610. The molecule has 0 bridgehead atoms.